The number of alkyl halides is 2. The van der Waals surface area contributed by atoms with Crippen LogP contribution in [0.4, 0.5) is 14.6 Å². The monoisotopic (exact) mass is 293 g/mol. The van der Waals surface area contributed by atoms with Crippen LogP contribution >= 0.6 is 11.6 Å². The molecule has 1 N–H and O–H groups in total. The number of carbonyl (C=O) groups is 1. The van der Waals surface area contributed by atoms with E-state index in [1.165, 1.54) is 6.20 Å². The maximum Gasteiger partial charge on any atom is 0.343 e. The summed E-state index contributed by atoms with van der Waals surface area (Å²) < 4.78 is 30.2. The molecular weight excluding hydrogens is 280 g/mol. The molecule has 0 aliphatic rings. The summed E-state index contributed by atoms with van der Waals surface area (Å²) in [6.07, 6.45) is 0.802. The Labute approximate surface area is 114 Å². The minimum Gasteiger partial charge on any atom is -0.462 e. The van der Waals surface area contributed by atoms with Gasteiger partial charge in [0.25, 0.3) is 0 Å². The van der Waals surface area contributed by atoms with Crippen LogP contribution in [-0.2, 0) is 4.74 Å². The normalized spacial score (nSPS) is 11.2. The van der Waals surface area contributed by atoms with Gasteiger partial charge in [-0.2, -0.15) is 4.98 Å². The Morgan fingerprint density at radius 3 is 2.84 bits per heavy atom. The second-order valence-electron chi connectivity index (χ2n) is 3.87. The predicted molar refractivity (Wildman–Crippen MR) is 66.7 cm³/mol. The number of aromatic nitrogens is 2. The largest absolute Gasteiger partial charge is 0.462 e. The quantitative estimate of drug-likeness (QED) is 0.645. The Hall–Kier alpha value is -1.50. The molecule has 8 heteroatoms. The number of carbonyl (C=O) groups excluding carboxylic acids is 1. The van der Waals surface area contributed by atoms with Gasteiger partial charge in [0.2, 0.25) is 11.2 Å². The molecular formula is C11H14ClF2N3O2. The van der Waals surface area contributed by atoms with Crippen LogP contribution in [0.15, 0.2) is 6.20 Å². The van der Waals surface area contributed by atoms with Crippen molar-refractivity contribution in [3.05, 3.63) is 17.0 Å². The Kier molecular flexibility index (Phi) is 5.41. The van der Waals surface area contributed by atoms with Crippen molar-refractivity contribution in [1.82, 2.24) is 9.97 Å². The first-order chi connectivity index (χ1) is 8.83. The second-order valence-corrected chi connectivity index (χ2v) is 4.21. The number of ether oxygens (including phenoxy) is 1. The van der Waals surface area contributed by atoms with Gasteiger partial charge in [0, 0.05) is 19.2 Å². The highest BCUT2D eigenvalue weighted by molar-refractivity contribution is 6.28. The van der Waals surface area contributed by atoms with E-state index in [9.17, 15) is 13.6 Å². The van der Waals surface area contributed by atoms with Crippen LogP contribution in [0, 0.1) is 0 Å². The zero-order chi connectivity index (χ0) is 14.5. The van der Waals surface area contributed by atoms with E-state index < -0.39 is 18.3 Å². The lowest BCUT2D eigenvalue weighted by Crippen LogP contribution is -2.18. The third-order valence-corrected chi connectivity index (χ3v) is 2.29. The van der Waals surface area contributed by atoms with Crippen molar-refractivity contribution in [3.8, 4) is 0 Å². The molecule has 1 heterocycles. The maximum absolute atomic E-state index is 12.7. The summed E-state index contributed by atoms with van der Waals surface area (Å²) in [5, 5.41) is 2.55. The predicted octanol–water partition coefficient (Wildman–Crippen LogP) is 2.76. The third kappa shape index (κ3) is 5.34. The molecule has 0 saturated carbocycles. The topological polar surface area (TPSA) is 64.1 Å². The summed E-state index contributed by atoms with van der Waals surface area (Å²) in [5.41, 5.74) is 0.0608. The molecule has 5 nitrogen and oxygen atoms in total. The van der Waals surface area contributed by atoms with Crippen LogP contribution in [-0.4, -0.2) is 35.0 Å². The molecule has 0 aliphatic carbocycles. The molecule has 1 aromatic heterocycles. The lowest BCUT2D eigenvalue weighted by molar-refractivity contribution is 0.0166. The lowest BCUT2D eigenvalue weighted by Gasteiger charge is -2.13. The molecule has 0 unspecified atom stereocenters. The van der Waals surface area contributed by atoms with Crippen molar-refractivity contribution in [3.63, 3.8) is 0 Å². The number of esters is 1. The Bertz CT molecular complexity index is 452. The molecule has 0 atom stereocenters. The number of rotatable bonds is 6. The van der Waals surface area contributed by atoms with Crippen LogP contribution < -0.4 is 5.32 Å². The molecule has 0 aromatic carbocycles. The van der Waals surface area contributed by atoms with E-state index in [1.54, 1.807) is 6.92 Å². The number of hydrogen-bond donors (Lipinski definition) is 1. The van der Waals surface area contributed by atoms with Crippen molar-refractivity contribution in [2.75, 3.05) is 18.5 Å². The van der Waals surface area contributed by atoms with E-state index in [1.807, 2.05) is 0 Å². The van der Waals surface area contributed by atoms with E-state index >= 15 is 0 Å². The molecule has 1 aromatic rings. The molecule has 0 spiro atoms. The Balaban J connectivity index is 2.80. The van der Waals surface area contributed by atoms with Crippen molar-refractivity contribution in [1.29, 1.82) is 0 Å². The SMILES string of the molecule is CCOC(=O)c1cnc(Cl)nc1NCCC(C)(F)F. The summed E-state index contributed by atoms with van der Waals surface area (Å²) >= 11 is 5.60. The Morgan fingerprint density at radius 2 is 2.26 bits per heavy atom. The lowest BCUT2D eigenvalue weighted by atomic mass is 10.2. The molecule has 106 valence electrons. The highest BCUT2D eigenvalue weighted by Gasteiger charge is 2.21. The number of nitrogens with one attached hydrogen (secondary N) is 1. The standard InChI is InChI=1S/C11H14ClF2N3O2/c1-3-19-9(18)7-6-16-10(12)17-8(7)15-5-4-11(2,13)14/h6H,3-5H2,1-2H3,(H,15,16,17). The van der Waals surface area contributed by atoms with Gasteiger partial charge in [-0.05, 0) is 25.4 Å². The van der Waals surface area contributed by atoms with Gasteiger partial charge in [0.05, 0.1) is 6.61 Å². The maximum atomic E-state index is 12.7. The van der Waals surface area contributed by atoms with Crippen LogP contribution in [0.1, 0.15) is 30.6 Å². The van der Waals surface area contributed by atoms with Gasteiger partial charge in [-0.3, -0.25) is 0 Å². The summed E-state index contributed by atoms with van der Waals surface area (Å²) in [4.78, 5) is 19.1. The molecule has 1 rings (SSSR count). The fourth-order valence-electron chi connectivity index (χ4n) is 1.25. The van der Waals surface area contributed by atoms with Gasteiger partial charge >= 0.3 is 5.97 Å². The van der Waals surface area contributed by atoms with Gasteiger partial charge in [-0.1, -0.05) is 0 Å². The van der Waals surface area contributed by atoms with Crippen LogP contribution in [0.3, 0.4) is 0 Å². The molecule has 0 saturated heterocycles. The van der Waals surface area contributed by atoms with Gasteiger partial charge in [-0.25, -0.2) is 18.6 Å². The van der Waals surface area contributed by atoms with Crippen molar-refractivity contribution < 1.29 is 18.3 Å². The van der Waals surface area contributed by atoms with Crippen molar-refractivity contribution in [2.24, 2.45) is 0 Å². The van der Waals surface area contributed by atoms with Gasteiger partial charge in [0.15, 0.2) is 0 Å². The van der Waals surface area contributed by atoms with E-state index in [0.717, 1.165) is 6.92 Å². The van der Waals surface area contributed by atoms with Gasteiger partial charge in [0.1, 0.15) is 11.4 Å². The fraction of sp³-hybridized carbons (Fsp3) is 0.545. The van der Waals surface area contributed by atoms with Crippen LogP contribution in [0.2, 0.25) is 5.28 Å². The van der Waals surface area contributed by atoms with Gasteiger partial charge < -0.3 is 10.1 Å². The first kappa shape index (κ1) is 15.6. The average molecular weight is 294 g/mol. The highest BCUT2D eigenvalue weighted by Crippen LogP contribution is 2.19. The van der Waals surface area contributed by atoms with Crippen LogP contribution in [0.5, 0.6) is 0 Å². The van der Waals surface area contributed by atoms with E-state index in [-0.39, 0.29) is 29.8 Å². The molecule has 0 fully saturated rings. The highest BCUT2D eigenvalue weighted by atomic mass is 35.5. The summed E-state index contributed by atoms with van der Waals surface area (Å²) in [7, 11) is 0. The number of halogens is 3. The number of anilines is 1. The van der Waals surface area contributed by atoms with E-state index in [0.29, 0.717) is 0 Å². The first-order valence-electron chi connectivity index (χ1n) is 5.65. The van der Waals surface area contributed by atoms with Crippen LogP contribution in [0.25, 0.3) is 0 Å². The van der Waals surface area contributed by atoms with E-state index in [4.69, 9.17) is 16.3 Å². The molecule has 0 radical (unpaired) electrons. The van der Waals surface area contributed by atoms with E-state index in [2.05, 4.69) is 15.3 Å². The first-order valence-corrected chi connectivity index (χ1v) is 6.02. The molecule has 19 heavy (non-hydrogen) atoms. The smallest absolute Gasteiger partial charge is 0.343 e. The zero-order valence-corrected chi connectivity index (χ0v) is 11.3. The average Bonchev–Trinajstić information content (AvgIpc) is 2.27. The number of nitrogens with zero attached hydrogens (tertiary/aromatic N) is 2. The molecule has 0 amide bonds. The second kappa shape index (κ2) is 6.60. The minimum atomic E-state index is -2.80. The minimum absolute atomic E-state index is 0.0523. The molecule has 0 aliphatic heterocycles. The summed E-state index contributed by atoms with van der Waals surface area (Å²) in [6, 6.07) is 0. The summed E-state index contributed by atoms with van der Waals surface area (Å²) in [5.74, 6) is -3.35. The third-order valence-electron chi connectivity index (χ3n) is 2.11. The van der Waals surface area contributed by atoms with Gasteiger partial charge in [-0.15, -0.1) is 0 Å². The fourth-order valence-corrected chi connectivity index (χ4v) is 1.39. The number of hydrogen-bond acceptors (Lipinski definition) is 5. The van der Waals surface area contributed by atoms with Crippen molar-refractivity contribution in [2.45, 2.75) is 26.2 Å². The summed E-state index contributed by atoms with van der Waals surface area (Å²) in [6.45, 7) is 2.60. The van der Waals surface area contributed by atoms with Crippen molar-refractivity contribution >= 4 is 23.4 Å². The zero-order valence-electron chi connectivity index (χ0n) is 10.5. The molecule has 0 bridgehead atoms. The Morgan fingerprint density at radius 1 is 1.58 bits per heavy atom.